The smallest absolute Gasteiger partial charge is 0.102 e. The minimum absolute atomic E-state index is 0. The van der Waals surface area contributed by atoms with Gasteiger partial charge in [-0.1, -0.05) is 0 Å². The quantitative estimate of drug-likeness (QED) is 0.768. The van der Waals surface area contributed by atoms with Crippen molar-refractivity contribution in [1.82, 2.24) is 9.55 Å². The number of ether oxygens (including phenoxy) is 1. The van der Waals surface area contributed by atoms with E-state index in [1.54, 1.807) is 10.8 Å². The number of hydrogen-bond donors (Lipinski definition) is 0. The molecule has 0 aliphatic rings. The van der Waals surface area contributed by atoms with E-state index in [2.05, 4.69) is 11.3 Å². The molecule has 0 aliphatic heterocycles. The number of nitrogens with zero attached hydrogens (tertiary/aromatic N) is 2. The molecule has 0 atom stereocenters. The minimum Gasteiger partial charge on any atom is -0.433 e. The molecule has 0 bridgehead atoms. The van der Waals surface area contributed by atoms with Crippen LogP contribution in [0.25, 0.3) is 0 Å². The molecule has 4 heteroatoms. The van der Waals surface area contributed by atoms with Gasteiger partial charge in [0.25, 0.3) is 0 Å². The van der Waals surface area contributed by atoms with Crippen molar-refractivity contribution < 1.29 is 25.8 Å². The molecule has 3 nitrogen and oxygen atoms in total. The first kappa shape index (κ1) is 9.86. The molecule has 0 aliphatic carbocycles. The van der Waals surface area contributed by atoms with Crippen molar-refractivity contribution in [2.45, 2.75) is 13.7 Å². The Morgan fingerprint density at radius 3 is 3.00 bits per heavy atom. The van der Waals surface area contributed by atoms with Gasteiger partial charge in [0.2, 0.25) is 0 Å². The molecule has 56 valence electrons. The molecule has 1 aromatic rings. The average Bonchev–Trinajstić information content (AvgIpc) is 2.34. The van der Waals surface area contributed by atoms with Crippen LogP contribution < -0.4 is 0 Å². The van der Waals surface area contributed by atoms with Crippen molar-refractivity contribution in [3.05, 3.63) is 18.7 Å². The van der Waals surface area contributed by atoms with E-state index >= 15 is 0 Å². The van der Waals surface area contributed by atoms with Gasteiger partial charge in [-0.05, 0) is 6.92 Å². The second kappa shape index (κ2) is 5.63. The van der Waals surface area contributed by atoms with Gasteiger partial charge in [0.1, 0.15) is 6.73 Å². The van der Waals surface area contributed by atoms with E-state index in [9.17, 15) is 0 Å². The van der Waals surface area contributed by atoms with Crippen LogP contribution in [0.4, 0.5) is 0 Å². The van der Waals surface area contributed by atoms with Crippen LogP contribution >= 0.6 is 0 Å². The van der Waals surface area contributed by atoms with Gasteiger partial charge in [-0.3, -0.25) is 0 Å². The zero-order valence-electron chi connectivity index (χ0n) is 5.78. The first-order valence-corrected chi connectivity index (χ1v) is 2.90. The summed E-state index contributed by atoms with van der Waals surface area (Å²) in [5.74, 6) is 0. The second-order valence-electron chi connectivity index (χ2n) is 1.62. The summed E-state index contributed by atoms with van der Waals surface area (Å²) in [6.45, 7) is 3.24. The summed E-state index contributed by atoms with van der Waals surface area (Å²) >= 11 is 0. The third-order valence-electron chi connectivity index (χ3n) is 0.942. The third kappa shape index (κ3) is 3.14. The molecule has 10 heavy (non-hydrogen) atoms. The minimum atomic E-state index is 0. The first-order valence-electron chi connectivity index (χ1n) is 2.90. The van der Waals surface area contributed by atoms with Gasteiger partial charge in [0.05, 0.1) is 0 Å². The van der Waals surface area contributed by atoms with Gasteiger partial charge in [0, 0.05) is 34.0 Å². The molecule has 0 saturated carbocycles. The largest absolute Gasteiger partial charge is 0.433 e. The molecular weight excluding hydrogens is 300 g/mol. The molecule has 1 aromatic heterocycles. The van der Waals surface area contributed by atoms with Crippen molar-refractivity contribution in [3.8, 4) is 0 Å². The Morgan fingerprint density at radius 1 is 1.70 bits per heavy atom. The van der Waals surface area contributed by atoms with E-state index in [4.69, 9.17) is 4.74 Å². The molecule has 0 fully saturated rings. The van der Waals surface area contributed by atoms with Crippen molar-refractivity contribution >= 4 is 0 Å². The molecule has 0 unspecified atom stereocenters. The molecule has 0 N–H and O–H groups in total. The zero-order valence-corrected chi connectivity index (χ0v) is 8.71. The van der Waals surface area contributed by atoms with E-state index in [-0.39, 0.29) is 21.1 Å². The van der Waals surface area contributed by atoms with Gasteiger partial charge >= 0.3 is 0 Å². The van der Waals surface area contributed by atoms with Crippen LogP contribution in [0.3, 0.4) is 0 Å². The van der Waals surface area contributed by atoms with Gasteiger partial charge < -0.3 is 14.3 Å². The van der Waals surface area contributed by atoms with Crippen molar-refractivity contribution in [2.75, 3.05) is 6.61 Å². The van der Waals surface area contributed by atoms with Crippen molar-refractivity contribution in [2.24, 2.45) is 0 Å². The van der Waals surface area contributed by atoms with Crippen LogP contribution in [-0.2, 0) is 32.5 Å². The van der Waals surface area contributed by atoms with E-state index in [0.717, 1.165) is 6.61 Å². The summed E-state index contributed by atoms with van der Waals surface area (Å²) in [6, 6.07) is 0. The maximum absolute atomic E-state index is 5.07. The predicted molar refractivity (Wildman–Crippen MR) is 32.7 cm³/mol. The molecule has 1 heterocycles. The van der Waals surface area contributed by atoms with Crippen LogP contribution in [0.15, 0.2) is 12.4 Å². The van der Waals surface area contributed by atoms with Gasteiger partial charge in [-0.2, -0.15) is 0 Å². The number of aromatic nitrogens is 2. The van der Waals surface area contributed by atoms with E-state index in [0.29, 0.717) is 6.73 Å². The fourth-order valence-corrected chi connectivity index (χ4v) is 0.516. The third-order valence-corrected chi connectivity index (χ3v) is 0.942. The van der Waals surface area contributed by atoms with Crippen LogP contribution in [0.1, 0.15) is 6.92 Å². The summed E-state index contributed by atoms with van der Waals surface area (Å²) in [5, 5.41) is 0. The standard InChI is InChI=1S/C6H9N2O.W/c1-2-9-6-8-4-3-7-5-8;/h3-4H,2,6H2,1H3;/q-1;. The molecule has 1 rings (SSSR count). The number of imidazole rings is 1. The Labute approximate surface area is 74.7 Å². The van der Waals surface area contributed by atoms with Crippen LogP contribution in [-0.4, -0.2) is 16.2 Å². The summed E-state index contributed by atoms with van der Waals surface area (Å²) in [6.07, 6.45) is 6.21. The Balaban J connectivity index is 0.000000810. The average molecular weight is 309 g/mol. The van der Waals surface area contributed by atoms with E-state index < -0.39 is 0 Å². The summed E-state index contributed by atoms with van der Waals surface area (Å²) < 4.78 is 6.82. The molecule has 0 saturated heterocycles. The Morgan fingerprint density at radius 2 is 2.50 bits per heavy atom. The molecule has 0 amide bonds. The topological polar surface area (TPSA) is 27.1 Å². The zero-order chi connectivity index (χ0) is 6.53. The Hall–Kier alpha value is -0.142. The number of rotatable bonds is 3. The van der Waals surface area contributed by atoms with E-state index in [1.165, 1.54) is 0 Å². The maximum Gasteiger partial charge on any atom is 0.102 e. The van der Waals surface area contributed by atoms with Crippen molar-refractivity contribution in [3.63, 3.8) is 0 Å². The fraction of sp³-hybridized carbons (Fsp3) is 0.500. The van der Waals surface area contributed by atoms with Crippen LogP contribution in [0.5, 0.6) is 0 Å². The van der Waals surface area contributed by atoms with E-state index in [1.807, 2.05) is 13.1 Å². The monoisotopic (exact) mass is 309 g/mol. The normalized spacial score (nSPS) is 8.90. The van der Waals surface area contributed by atoms with Crippen molar-refractivity contribution in [1.29, 1.82) is 0 Å². The SMILES string of the molecule is CCOCn1[c-]ncc1.[W]. The summed E-state index contributed by atoms with van der Waals surface area (Å²) in [7, 11) is 0. The molecule has 0 spiro atoms. The van der Waals surface area contributed by atoms with Gasteiger partial charge in [0.15, 0.2) is 0 Å². The second-order valence-corrected chi connectivity index (χ2v) is 1.62. The van der Waals surface area contributed by atoms with Gasteiger partial charge in [-0.15, -0.1) is 12.4 Å². The van der Waals surface area contributed by atoms with Gasteiger partial charge in [-0.25, -0.2) is 0 Å². The summed E-state index contributed by atoms with van der Waals surface area (Å²) in [4.78, 5) is 3.73. The molecule has 0 radical (unpaired) electrons. The molecule has 0 aromatic carbocycles. The Bertz CT molecular complexity index is 153. The number of hydrogen-bond acceptors (Lipinski definition) is 2. The summed E-state index contributed by atoms with van der Waals surface area (Å²) in [5.41, 5.74) is 0. The molecular formula is C6H9N2OW-. The van der Waals surface area contributed by atoms with Crippen LogP contribution in [0, 0.1) is 6.33 Å². The Kier molecular flexibility index (Phi) is 5.55. The fourth-order valence-electron chi connectivity index (χ4n) is 0.516. The first-order chi connectivity index (χ1) is 4.43. The predicted octanol–water partition coefficient (Wildman–Crippen LogP) is 0.675. The maximum atomic E-state index is 5.07. The van der Waals surface area contributed by atoms with Crippen LogP contribution in [0.2, 0.25) is 0 Å².